The molecule has 1 saturated carbocycles. The van der Waals surface area contributed by atoms with E-state index in [0.29, 0.717) is 24.0 Å². The quantitative estimate of drug-likeness (QED) is 0.481. The van der Waals surface area contributed by atoms with E-state index in [-0.39, 0.29) is 0 Å². The van der Waals surface area contributed by atoms with E-state index >= 15 is 0 Å². The first-order chi connectivity index (χ1) is 16.6. The van der Waals surface area contributed by atoms with Gasteiger partial charge in [-0.1, -0.05) is 25.3 Å². The summed E-state index contributed by atoms with van der Waals surface area (Å²) in [5, 5.41) is 10.3. The molecule has 1 aliphatic heterocycles. The first kappa shape index (κ1) is 25.5. The molecule has 2 aromatic rings. The summed E-state index contributed by atoms with van der Waals surface area (Å²) in [6, 6.07) is 6.09. The highest BCUT2D eigenvalue weighted by atomic mass is 16.5. The maximum absolute atomic E-state index is 12.6. The van der Waals surface area contributed by atoms with Crippen LogP contribution in [0, 0.1) is 19.8 Å². The Labute approximate surface area is 209 Å². The molecule has 0 bridgehead atoms. The van der Waals surface area contributed by atoms with Crippen LogP contribution in [0.25, 0.3) is 11.1 Å². The fourth-order valence-corrected chi connectivity index (χ4v) is 5.28. The zero-order valence-corrected chi connectivity index (χ0v) is 21.8. The van der Waals surface area contributed by atoms with Crippen LogP contribution in [-0.2, 0) is 16.0 Å². The molecule has 1 aromatic carbocycles. The predicted octanol–water partition coefficient (Wildman–Crippen LogP) is 6.59. The largest absolute Gasteiger partial charge is 0.493 e. The number of carboxylic acid groups (broad SMARTS) is 1. The maximum Gasteiger partial charge on any atom is 0.337 e. The van der Waals surface area contributed by atoms with Gasteiger partial charge in [0.2, 0.25) is 5.88 Å². The van der Waals surface area contributed by atoms with Crippen molar-refractivity contribution in [3.8, 4) is 22.8 Å². The van der Waals surface area contributed by atoms with E-state index in [1.54, 1.807) is 0 Å². The second kappa shape index (κ2) is 10.6. The minimum atomic E-state index is -1.14. The molecule has 1 unspecified atom stereocenters. The Kier molecular flexibility index (Phi) is 7.70. The molecule has 0 amide bonds. The van der Waals surface area contributed by atoms with E-state index in [1.807, 2.05) is 46.8 Å². The molecule has 1 N–H and O–H groups in total. The van der Waals surface area contributed by atoms with E-state index < -0.39 is 17.7 Å². The average Bonchev–Trinajstić information content (AvgIpc) is 2.82. The van der Waals surface area contributed by atoms with Crippen LogP contribution in [0.4, 0.5) is 0 Å². The zero-order chi connectivity index (χ0) is 25.2. The number of fused-ring (bicyclic) bond motifs is 1. The third-order valence-electron chi connectivity index (χ3n) is 6.96. The number of hydrogen-bond acceptors (Lipinski definition) is 5. The minimum Gasteiger partial charge on any atom is -0.493 e. The average molecular weight is 482 g/mol. The van der Waals surface area contributed by atoms with Gasteiger partial charge in [0.1, 0.15) is 5.75 Å². The Morgan fingerprint density at radius 3 is 2.60 bits per heavy atom. The number of carboxylic acids is 1. The van der Waals surface area contributed by atoms with Crippen LogP contribution in [0.1, 0.15) is 87.8 Å². The smallest absolute Gasteiger partial charge is 0.337 e. The van der Waals surface area contributed by atoms with E-state index in [9.17, 15) is 9.90 Å². The van der Waals surface area contributed by atoms with Crippen molar-refractivity contribution in [1.29, 1.82) is 0 Å². The van der Waals surface area contributed by atoms with Gasteiger partial charge < -0.3 is 19.3 Å². The Balaban J connectivity index is 1.81. The Bertz CT molecular complexity index is 1070. The maximum atomic E-state index is 12.6. The van der Waals surface area contributed by atoms with Crippen LogP contribution >= 0.6 is 0 Å². The zero-order valence-electron chi connectivity index (χ0n) is 21.8. The highest BCUT2D eigenvalue weighted by Crippen LogP contribution is 2.41. The van der Waals surface area contributed by atoms with Crippen LogP contribution in [0.15, 0.2) is 18.2 Å². The lowest BCUT2D eigenvalue weighted by atomic mass is 9.89. The van der Waals surface area contributed by atoms with Gasteiger partial charge in [0.05, 0.1) is 18.8 Å². The van der Waals surface area contributed by atoms with Gasteiger partial charge in [-0.15, -0.1) is 0 Å². The molecule has 1 aliphatic carbocycles. The van der Waals surface area contributed by atoms with Gasteiger partial charge in [-0.05, 0) is 89.5 Å². The van der Waals surface area contributed by atoms with Crippen LogP contribution in [0.3, 0.4) is 0 Å². The van der Waals surface area contributed by atoms with Crippen LogP contribution in [0.2, 0.25) is 0 Å². The van der Waals surface area contributed by atoms with Crippen LogP contribution in [0.5, 0.6) is 11.6 Å². The molecule has 0 saturated heterocycles. The number of benzene rings is 1. The van der Waals surface area contributed by atoms with Gasteiger partial charge in [0.25, 0.3) is 0 Å². The summed E-state index contributed by atoms with van der Waals surface area (Å²) >= 11 is 0. The number of carbonyl (C=O) groups is 1. The number of ether oxygens (including phenoxy) is 3. The van der Waals surface area contributed by atoms with Crippen molar-refractivity contribution in [2.45, 2.75) is 91.3 Å². The van der Waals surface area contributed by atoms with Gasteiger partial charge >= 0.3 is 5.97 Å². The van der Waals surface area contributed by atoms with Gasteiger partial charge in [-0.25, -0.2) is 9.78 Å². The molecule has 1 aromatic heterocycles. The number of pyridine rings is 1. The Morgan fingerprint density at radius 1 is 1.17 bits per heavy atom. The Hall–Kier alpha value is -2.60. The summed E-state index contributed by atoms with van der Waals surface area (Å²) in [5.74, 6) is 0.915. The lowest BCUT2D eigenvalue weighted by Crippen LogP contribution is -2.29. The summed E-state index contributed by atoms with van der Waals surface area (Å²) in [7, 11) is 0. The van der Waals surface area contributed by atoms with Crippen molar-refractivity contribution >= 4 is 5.97 Å². The third kappa shape index (κ3) is 5.97. The first-order valence-electron chi connectivity index (χ1n) is 12.9. The number of aliphatic carboxylic acids is 1. The first-order valence-corrected chi connectivity index (χ1v) is 12.9. The van der Waals surface area contributed by atoms with Crippen LogP contribution < -0.4 is 9.47 Å². The number of aryl methyl sites for hydroxylation is 2. The van der Waals surface area contributed by atoms with Crippen molar-refractivity contribution < 1.29 is 24.1 Å². The van der Waals surface area contributed by atoms with E-state index in [1.165, 1.54) is 32.1 Å². The fraction of sp³-hybridized carbons (Fsp3) is 0.586. The summed E-state index contributed by atoms with van der Waals surface area (Å²) in [6.45, 7) is 10.8. The van der Waals surface area contributed by atoms with Crippen molar-refractivity contribution in [2.75, 3.05) is 13.2 Å². The molecule has 35 heavy (non-hydrogen) atoms. The van der Waals surface area contributed by atoms with Gasteiger partial charge in [0.15, 0.2) is 6.10 Å². The van der Waals surface area contributed by atoms with E-state index in [0.717, 1.165) is 53.1 Å². The summed E-state index contributed by atoms with van der Waals surface area (Å²) in [5.41, 5.74) is 4.32. The SMILES string of the molecule is Cc1nc(OCC2CCCCC2)c(C)c(C(OC(C)(C)C)C(=O)O)c1-c1ccc2c(c1)CCCO2. The van der Waals surface area contributed by atoms with E-state index in [2.05, 4.69) is 6.07 Å². The number of hydrogen-bond donors (Lipinski definition) is 1. The van der Waals surface area contributed by atoms with Crippen molar-refractivity contribution in [3.05, 3.63) is 40.6 Å². The fourth-order valence-electron chi connectivity index (χ4n) is 5.28. The lowest BCUT2D eigenvalue weighted by molar-refractivity contribution is -0.160. The normalized spacial score (nSPS) is 17.4. The summed E-state index contributed by atoms with van der Waals surface area (Å²) in [4.78, 5) is 17.4. The molecule has 2 heterocycles. The molecule has 1 fully saturated rings. The molecule has 2 aliphatic rings. The molecule has 1 atom stereocenters. The molecule has 0 radical (unpaired) electrons. The van der Waals surface area contributed by atoms with Crippen LogP contribution in [-0.4, -0.2) is 34.9 Å². The van der Waals surface area contributed by atoms with Gasteiger partial charge in [-0.2, -0.15) is 0 Å². The molecule has 6 heteroatoms. The molecule has 190 valence electrons. The number of aromatic nitrogens is 1. The molecule has 6 nitrogen and oxygen atoms in total. The molecule has 4 rings (SSSR count). The van der Waals surface area contributed by atoms with Gasteiger partial charge in [0, 0.05) is 22.4 Å². The predicted molar refractivity (Wildman–Crippen MR) is 136 cm³/mol. The number of rotatable bonds is 7. The van der Waals surface area contributed by atoms with E-state index in [4.69, 9.17) is 19.2 Å². The Morgan fingerprint density at radius 2 is 1.91 bits per heavy atom. The van der Waals surface area contributed by atoms with Crippen molar-refractivity contribution in [1.82, 2.24) is 4.98 Å². The highest BCUT2D eigenvalue weighted by molar-refractivity contribution is 5.83. The number of nitrogens with zero attached hydrogens (tertiary/aromatic N) is 1. The third-order valence-corrected chi connectivity index (χ3v) is 6.96. The van der Waals surface area contributed by atoms with Crippen molar-refractivity contribution in [3.63, 3.8) is 0 Å². The molecular formula is C29H39NO5. The molecule has 0 spiro atoms. The molecular weight excluding hydrogens is 442 g/mol. The lowest BCUT2D eigenvalue weighted by Gasteiger charge is -2.29. The highest BCUT2D eigenvalue weighted by Gasteiger charge is 2.33. The summed E-state index contributed by atoms with van der Waals surface area (Å²) < 4.78 is 18.2. The van der Waals surface area contributed by atoms with Gasteiger partial charge in [-0.3, -0.25) is 0 Å². The monoisotopic (exact) mass is 481 g/mol. The minimum absolute atomic E-state index is 0.511. The second-order valence-electron chi connectivity index (χ2n) is 11.0. The topological polar surface area (TPSA) is 77.9 Å². The van der Waals surface area contributed by atoms with Crippen molar-refractivity contribution in [2.24, 2.45) is 5.92 Å². The standard InChI is InChI=1S/C29H39NO5/c1-18-24(26(28(31)32)35-29(3,4)5)25(22-13-14-23-21(16-22)12-9-15-33-23)19(2)30-27(18)34-17-20-10-7-6-8-11-20/h13-14,16,20,26H,6-12,15,17H2,1-5H3,(H,31,32). The summed E-state index contributed by atoms with van der Waals surface area (Å²) in [6.07, 6.45) is 6.89. The second-order valence-corrected chi connectivity index (χ2v) is 11.0.